The van der Waals surface area contributed by atoms with Gasteiger partial charge in [0.05, 0.1) is 0 Å². The maximum atomic E-state index is 3.43. The van der Waals surface area contributed by atoms with Gasteiger partial charge in [-0.3, -0.25) is 4.90 Å². The van der Waals surface area contributed by atoms with Crippen molar-refractivity contribution in [3.8, 4) is 0 Å². The van der Waals surface area contributed by atoms with Crippen LogP contribution in [0.4, 0.5) is 0 Å². The summed E-state index contributed by atoms with van der Waals surface area (Å²) in [6.45, 7) is 13.7. The van der Waals surface area contributed by atoms with Crippen LogP contribution >= 0.6 is 0 Å². The molecule has 0 saturated heterocycles. The van der Waals surface area contributed by atoms with E-state index in [0.717, 1.165) is 12.5 Å². The first-order valence-electron chi connectivity index (χ1n) is 5.98. The van der Waals surface area contributed by atoms with E-state index in [9.17, 15) is 0 Å². The minimum atomic E-state index is 0.627. The number of nitrogens with one attached hydrogen (secondary N) is 1. The van der Waals surface area contributed by atoms with Gasteiger partial charge in [0.1, 0.15) is 0 Å². The lowest BCUT2D eigenvalue weighted by Gasteiger charge is -2.32. The van der Waals surface area contributed by atoms with E-state index in [1.54, 1.807) is 0 Å². The molecule has 0 fully saturated rings. The first-order chi connectivity index (χ1) is 6.56. The molecule has 0 bridgehead atoms. The normalized spacial score (nSPS) is 16.3. The lowest BCUT2D eigenvalue weighted by atomic mass is 9.98. The van der Waals surface area contributed by atoms with Crippen LogP contribution in [0.2, 0.25) is 0 Å². The molecule has 0 aromatic rings. The minimum Gasteiger partial charge on any atom is -0.315 e. The lowest BCUT2D eigenvalue weighted by Crippen LogP contribution is -2.45. The summed E-state index contributed by atoms with van der Waals surface area (Å²) in [6.07, 6.45) is 1.25. The third-order valence-corrected chi connectivity index (χ3v) is 3.27. The van der Waals surface area contributed by atoms with Gasteiger partial charge in [-0.1, -0.05) is 27.2 Å². The van der Waals surface area contributed by atoms with Gasteiger partial charge in [-0.15, -0.1) is 0 Å². The van der Waals surface area contributed by atoms with E-state index < -0.39 is 0 Å². The first-order valence-corrected chi connectivity index (χ1v) is 5.98. The Kier molecular flexibility index (Phi) is 7.20. The van der Waals surface area contributed by atoms with Crippen LogP contribution in [-0.4, -0.2) is 37.1 Å². The minimum absolute atomic E-state index is 0.627. The van der Waals surface area contributed by atoms with Gasteiger partial charge in [0, 0.05) is 18.6 Å². The molecule has 2 atom stereocenters. The maximum Gasteiger partial charge on any atom is 0.0217 e. The fourth-order valence-corrected chi connectivity index (χ4v) is 1.80. The first kappa shape index (κ1) is 13.9. The van der Waals surface area contributed by atoms with Gasteiger partial charge in [-0.2, -0.15) is 0 Å². The molecule has 86 valence electrons. The zero-order chi connectivity index (χ0) is 11.1. The van der Waals surface area contributed by atoms with Gasteiger partial charge in [0.15, 0.2) is 0 Å². The van der Waals surface area contributed by atoms with Gasteiger partial charge in [0.2, 0.25) is 0 Å². The standard InChI is InChI=1S/C12H28N2/c1-7-11(5)12(13-6)9-14(8-2)10(3)4/h10-13H,7-9H2,1-6H3. The summed E-state index contributed by atoms with van der Waals surface area (Å²) in [7, 11) is 2.07. The highest BCUT2D eigenvalue weighted by atomic mass is 15.2. The van der Waals surface area contributed by atoms with Crippen molar-refractivity contribution in [2.45, 2.75) is 53.1 Å². The van der Waals surface area contributed by atoms with Gasteiger partial charge in [-0.25, -0.2) is 0 Å². The van der Waals surface area contributed by atoms with Crippen LogP contribution in [-0.2, 0) is 0 Å². The Bertz CT molecular complexity index is 134. The smallest absolute Gasteiger partial charge is 0.0217 e. The molecule has 2 heteroatoms. The second-order valence-electron chi connectivity index (χ2n) is 4.46. The Morgan fingerprint density at radius 3 is 2.00 bits per heavy atom. The summed E-state index contributed by atoms with van der Waals surface area (Å²) in [5, 5.41) is 3.43. The molecular formula is C12H28N2. The highest BCUT2D eigenvalue weighted by Crippen LogP contribution is 2.10. The quantitative estimate of drug-likeness (QED) is 0.678. The fourth-order valence-electron chi connectivity index (χ4n) is 1.80. The van der Waals surface area contributed by atoms with Gasteiger partial charge >= 0.3 is 0 Å². The predicted molar refractivity (Wildman–Crippen MR) is 64.7 cm³/mol. The topological polar surface area (TPSA) is 15.3 Å². The molecule has 0 radical (unpaired) electrons. The molecule has 0 saturated carbocycles. The largest absolute Gasteiger partial charge is 0.315 e. The third-order valence-electron chi connectivity index (χ3n) is 3.27. The number of hydrogen-bond acceptors (Lipinski definition) is 2. The number of nitrogens with zero attached hydrogens (tertiary/aromatic N) is 1. The molecule has 0 heterocycles. The van der Waals surface area contributed by atoms with E-state index in [2.05, 4.69) is 51.9 Å². The number of rotatable bonds is 7. The molecular weight excluding hydrogens is 172 g/mol. The van der Waals surface area contributed by atoms with Gasteiger partial charge < -0.3 is 5.32 Å². The van der Waals surface area contributed by atoms with E-state index in [1.165, 1.54) is 13.0 Å². The molecule has 0 spiro atoms. The van der Waals surface area contributed by atoms with Crippen molar-refractivity contribution in [1.29, 1.82) is 0 Å². The van der Waals surface area contributed by atoms with Crippen LogP contribution in [0.15, 0.2) is 0 Å². The van der Waals surface area contributed by atoms with E-state index in [4.69, 9.17) is 0 Å². The van der Waals surface area contributed by atoms with Crippen LogP contribution in [0.3, 0.4) is 0 Å². The molecule has 0 aliphatic heterocycles. The second-order valence-corrected chi connectivity index (χ2v) is 4.46. The Morgan fingerprint density at radius 1 is 1.14 bits per heavy atom. The Hall–Kier alpha value is -0.0800. The Balaban J connectivity index is 4.13. The highest BCUT2D eigenvalue weighted by molar-refractivity contribution is 4.76. The summed E-state index contributed by atoms with van der Waals surface area (Å²) in [5.74, 6) is 0.757. The van der Waals surface area contributed by atoms with Crippen LogP contribution in [0, 0.1) is 5.92 Å². The monoisotopic (exact) mass is 200 g/mol. The highest BCUT2D eigenvalue weighted by Gasteiger charge is 2.18. The Morgan fingerprint density at radius 2 is 1.71 bits per heavy atom. The van der Waals surface area contributed by atoms with E-state index in [1.807, 2.05) is 0 Å². The molecule has 0 rings (SSSR count). The zero-order valence-electron chi connectivity index (χ0n) is 10.8. The lowest BCUT2D eigenvalue weighted by molar-refractivity contribution is 0.187. The molecule has 0 aliphatic carbocycles. The molecule has 0 aromatic carbocycles. The van der Waals surface area contributed by atoms with Crippen molar-refractivity contribution in [3.05, 3.63) is 0 Å². The fraction of sp³-hybridized carbons (Fsp3) is 1.00. The van der Waals surface area contributed by atoms with Crippen LogP contribution < -0.4 is 5.32 Å². The number of likely N-dealkylation sites (N-methyl/N-ethyl adjacent to an activating group) is 2. The summed E-state index contributed by atoms with van der Waals surface area (Å²) in [5.41, 5.74) is 0. The SMILES string of the molecule is CCC(C)C(CN(CC)C(C)C)NC. The Labute approximate surface area is 90.1 Å². The maximum absolute atomic E-state index is 3.43. The summed E-state index contributed by atoms with van der Waals surface area (Å²) in [6, 6.07) is 1.28. The summed E-state index contributed by atoms with van der Waals surface area (Å²) in [4.78, 5) is 2.52. The second kappa shape index (κ2) is 7.24. The van der Waals surface area contributed by atoms with Crippen molar-refractivity contribution < 1.29 is 0 Å². The third kappa shape index (κ3) is 4.43. The molecule has 2 nitrogen and oxygen atoms in total. The van der Waals surface area contributed by atoms with Gasteiger partial charge in [-0.05, 0) is 33.4 Å². The van der Waals surface area contributed by atoms with Crippen LogP contribution in [0.25, 0.3) is 0 Å². The number of hydrogen-bond donors (Lipinski definition) is 1. The van der Waals surface area contributed by atoms with Crippen LogP contribution in [0.1, 0.15) is 41.0 Å². The average Bonchev–Trinajstić information content (AvgIpc) is 2.18. The van der Waals surface area contributed by atoms with Crippen molar-refractivity contribution in [1.82, 2.24) is 10.2 Å². The molecule has 0 amide bonds. The summed E-state index contributed by atoms with van der Waals surface area (Å²) < 4.78 is 0. The van der Waals surface area contributed by atoms with Crippen molar-refractivity contribution >= 4 is 0 Å². The molecule has 1 N–H and O–H groups in total. The molecule has 14 heavy (non-hydrogen) atoms. The molecule has 2 unspecified atom stereocenters. The van der Waals surface area contributed by atoms with Crippen molar-refractivity contribution in [2.75, 3.05) is 20.1 Å². The molecule has 0 aliphatic rings. The average molecular weight is 200 g/mol. The van der Waals surface area contributed by atoms with E-state index in [-0.39, 0.29) is 0 Å². The van der Waals surface area contributed by atoms with Crippen LogP contribution in [0.5, 0.6) is 0 Å². The summed E-state index contributed by atoms with van der Waals surface area (Å²) >= 11 is 0. The van der Waals surface area contributed by atoms with Crippen molar-refractivity contribution in [2.24, 2.45) is 5.92 Å². The molecule has 0 aromatic heterocycles. The van der Waals surface area contributed by atoms with E-state index >= 15 is 0 Å². The van der Waals surface area contributed by atoms with Crippen molar-refractivity contribution in [3.63, 3.8) is 0 Å². The zero-order valence-corrected chi connectivity index (χ0v) is 10.8. The van der Waals surface area contributed by atoms with Gasteiger partial charge in [0.25, 0.3) is 0 Å². The predicted octanol–water partition coefficient (Wildman–Crippen LogP) is 2.35. The van der Waals surface area contributed by atoms with E-state index in [0.29, 0.717) is 12.1 Å².